The second-order valence-corrected chi connectivity index (χ2v) is 4.35. The lowest BCUT2D eigenvalue weighted by molar-refractivity contribution is 0.266. The molecule has 1 fully saturated rings. The maximum atomic E-state index is 9.29. The molecule has 0 aliphatic carbocycles. The molecule has 1 atom stereocenters. The number of hydrogen-bond acceptors (Lipinski definition) is 4. The van der Waals surface area contributed by atoms with Crippen LogP contribution < -0.4 is 10.6 Å². The molecule has 16 heavy (non-hydrogen) atoms. The quantitative estimate of drug-likeness (QED) is 0.757. The van der Waals surface area contributed by atoms with Crippen molar-refractivity contribution in [1.29, 1.82) is 0 Å². The van der Waals surface area contributed by atoms with Gasteiger partial charge in [-0.15, -0.1) is 0 Å². The lowest BCUT2D eigenvalue weighted by atomic mass is 10.2. The van der Waals surface area contributed by atoms with Gasteiger partial charge in [0.25, 0.3) is 0 Å². The predicted octanol–water partition coefficient (Wildman–Crippen LogP) is 0.677. The van der Waals surface area contributed by atoms with Crippen LogP contribution in [0.5, 0.6) is 0 Å². The minimum absolute atomic E-state index is 0.142. The topological polar surface area (TPSA) is 62.4 Å². The normalized spacial score (nSPS) is 20.1. The van der Waals surface area contributed by atoms with Crippen molar-refractivity contribution in [3.63, 3.8) is 0 Å². The van der Waals surface area contributed by atoms with Crippen molar-refractivity contribution in [2.75, 3.05) is 18.1 Å². The minimum Gasteiger partial charge on any atom is -0.394 e. The maximum absolute atomic E-state index is 9.29. The zero-order valence-electron chi connectivity index (χ0n) is 8.97. The summed E-state index contributed by atoms with van der Waals surface area (Å²) in [5.41, 5.74) is 6.46. The summed E-state index contributed by atoms with van der Waals surface area (Å²) in [4.78, 5) is 6.77. The Morgan fingerprint density at radius 2 is 2.50 bits per heavy atom. The first-order chi connectivity index (χ1) is 7.74. The molecule has 86 valence electrons. The van der Waals surface area contributed by atoms with Gasteiger partial charge in [0.05, 0.1) is 18.2 Å². The minimum atomic E-state index is 0.142. The number of rotatable bonds is 3. The highest BCUT2D eigenvalue weighted by molar-refractivity contribution is 7.80. The van der Waals surface area contributed by atoms with Crippen LogP contribution in [0.4, 0.5) is 5.82 Å². The van der Waals surface area contributed by atoms with E-state index in [1.165, 1.54) is 0 Å². The molecule has 1 aromatic rings. The third-order valence-electron chi connectivity index (χ3n) is 2.91. The van der Waals surface area contributed by atoms with Gasteiger partial charge in [0.1, 0.15) is 10.8 Å². The highest BCUT2D eigenvalue weighted by Crippen LogP contribution is 2.26. The van der Waals surface area contributed by atoms with E-state index in [1.54, 1.807) is 6.20 Å². The number of aliphatic hydroxyl groups is 1. The molecule has 0 amide bonds. The number of aliphatic hydroxyl groups excluding tert-OH is 1. The Bertz CT molecular complexity index is 397. The van der Waals surface area contributed by atoms with E-state index in [1.807, 2.05) is 12.1 Å². The van der Waals surface area contributed by atoms with Crippen molar-refractivity contribution in [1.82, 2.24) is 4.98 Å². The van der Waals surface area contributed by atoms with Gasteiger partial charge in [0, 0.05) is 12.7 Å². The number of hydrogen-bond donors (Lipinski definition) is 2. The molecule has 1 aliphatic heterocycles. The van der Waals surface area contributed by atoms with Crippen molar-refractivity contribution in [2.45, 2.75) is 18.9 Å². The molecule has 5 heteroatoms. The van der Waals surface area contributed by atoms with Crippen molar-refractivity contribution in [2.24, 2.45) is 5.73 Å². The van der Waals surface area contributed by atoms with Gasteiger partial charge in [-0.1, -0.05) is 12.2 Å². The average Bonchev–Trinajstić information content (AvgIpc) is 2.76. The Labute approximate surface area is 100 Å². The number of anilines is 1. The zero-order chi connectivity index (χ0) is 11.5. The molecule has 0 radical (unpaired) electrons. The van der Waals surface area contributed by atoms with Crippen LogP contribution in [0.15, 0.2) is 18.3 Å². The van der Waals surface area contributed by atoms with Gasteiger partial charge in [-0.05, 0) is 25.0 Å². The summed E-state index contributed by atoms with van der Waals surface area (Å²) in [6.45, 7) is 1.05. The van der Waals surface area contributed by atoms with Crippen molar-refractivity contribution in [3.8, 4) is 0 Å². The molecular formula is C11H15N3OS. The molecule has 2 rings (SSSR count). The van der Waals surface area contributed by atoms with Gasteiger partial charge < -0.3 is 15.7 Å². The Morgan fingerprint density at radius 1 is 1.69 bits per heavy atom. The van der Waals surface area contributed by atoms with E-state index in [-0.39, 0.29) is 12.6 Å². The first kappa shape index (κ1) is 11.3. The fraction of sp³-hybridized carbons (Fsp3) is 0.455. The molecule has 0 bridgehead atoms. The molecule has 2 heterocycles. The van der Waals surface area contributed by atoms with Crippen LogP contribution in [-0.2, 0) is 0 Å². The predicted molar refractivity (Wildman–Crippen MR) is 67.6 cm³/mol. The number of thiocarbonyl (C=S) groups is 1. The van der Waals surface area contributed by atoms with Crippen LogP contribution in [0.2, 0.25) is 0 Å². The van der Waals surface area contributed by atoms with Gasteiger partial charge in [-0.3, -0.25) is 0 Å². The van der Waals surface area contributed by atoms with Crippen molar-refractivity contribution >= 4 is 23.0 Å². The van der Waals surface area contributed by atoms with E-state index in [0.717, 1.165) is 30.8 Å². The smallest absolute Gasteiger partial charge is 0.139 e. The second kappa shape index (κ2) is 4.76. The van der Waals surface area contributed by atoms with Gasteiger partial charge in [-0.25, -0.2) is 4.98 Å². The first-order valence-electron chi connectivity index (χ1n) is 5.36. The van der Waals surface area contributed by atoms with Crippen LogP contribution in [0.1, 0.15) is 18.4 Å². The SMILES string of the molecule is NC(=S)c1cccnc1N1CCCC1CO. The lowest BCUT2D eigenvalue weighted by Crippen LogP contribution is -2.34. The van der Waals surface area contributed by atoms with Crippen molar-refractivity contribution < 1.29 is 5.11 Å². The van der Waals surface area contributed by atoms with E-state index >= 15 is 0 Å². The van der Waals surface area contributed by atoms with Crippen LogP contribution in [0.25, 0.3) is 0 Å². The third kappa shape index (κ3) is 2.01. The average molecular weight is 237 g/mol. The van der Waals surface area contributed by atoms with E-state index in [9.17, 15) is 5.11 Å². The number of aromatic nitrogens is 1. The Morgan fingerprint density at radius 3 is 3.19 bits per heavy atom. The summed E-state index contributed by atoms with van der Waals surface area (Å²) in [5.74, 6) is 0.798. The van der Waals surface area contributed by atoms with Crippen LogP contribution in [0.3, 0.4) is 0 Å². The van der Waals surface area contributed by atoms with E-state index in [0.29, 0.717) is 4.99 Å². The summed E-state index contributed by atoms with van der Waals surface area (Å²) in [6.07, 6.45) is 3.78. The highest BCUT2D eigenvalue weighted by atomic mass is 32.1. The molecule has 3 N–H and O–H groups in total. The van der Waals surface area contributed by atoms with Crippen LogP contribution >= 0.6 is 12.2 Å². The fourth-order valence-corrected chi connectivity index (χ4v) is 2.28. The fourth-order valence-electron chi connectivity index (χ4n) is 2.12. The summed E-state index contributed by atoms with van der Waals surface area (Å²) < 4.78 is 0. The summed E-state index contributed by atoms with van der Waals surface area (Å²) in [6, 6.07) is 3.84. The van der Waals surface area contributed by atoms with E-state index in [2.05, 4.69) is 9.88 Å². The molecule has 1 saturated heterocycles. The molecule has 4 nitrogen and oxygen atoms in total. The van der Waals surface area contributed by atoms with Crippen LogP contribution in [0, 0.1) is 0 Å². The zero-order valence-corrected chi connectivity index (χ0v) is 9.78. The van der Waals surface area contributed by atoms with Crippen LogP contribution in [-0.4, -0.2) is 34.3 Å². The monoisotopic (exact) mass is 237 g/mol. The highest BCUT2D eigenvalue weighted by Gasteiger charge is 2.26. The first-order valence-corrected chi connectivity index (χ1v) is 5.77. The molecule has 0 saturated carbocycles. The summed E-state index contributed by atoms with van der Waals surface area (Å²) in [7, 11) is 0. The molecule has 1 aliphatic rings. The number of pyridine rings is 1. The Kier molecular flexibility index (Phi) is 3.36. The van der Waals surface area contributed by atoms with Gasteiger partial charge >= 0.3 is 0 Å². The standard InChI is InChI=1S/C11H15N3OS/c12-10(16)9-4-1-5-13-11(9)14-6-2-3-8(14)7-15/h1,4-5,8,15H,2-3,6-7H2,(H2,12,16). The molecule has 1 unspecified atom stereocenters. The lowest BCUT2D eigenvalue weighted by Gasteiger charge is -2.25. The maximum Gasteiger partial charge on any atom is 0.139 e. The van der Waals surface area contributed by atoms with Gasteiger partial charge in [-0.2, -0.15) is 0 Å². The summed E-state index contributed by atoms with van der Waals surface area (Å²) in [5, 5.41) is 9.29. The van der Waals surface area contributed by atoms with E-state index in [4.69, 9.17) is 18.0 Å². The molecule has 0 aromatic carbocycles. The Hall–Kier alpha value is -1.20. The van der Waals surface area contributed by atoms with E-state index < -0.39 is 0 Å². The number of nitrogens with two attached hydrogens (primary N) is 1. The largest absolute Gasteiger partial charge is 0.394 e. The molecule has 0 spiro atoms. The Balaban J connectivity index is 2.35. The second-order valence-electron chi connectivity index (χ2n) is 3.91. The third-order valence-corrected chi connectivity index (χ3v) is 3.13. The molecule has 1 aromatic heterocycles. The number of nitrogens with zero attached hydrogens (tertiary/aromatic N) is 2. The molecular weight excluding hydrogens is 222 g/mol. The summed E-state index contributed by atoms with van der Waals surface area (Å²) >= 11 is 5.01. The van der Waals surface area contributed by atoms with Crippen molar-refractivity contribution in [3.05, 3.63) is 23.9 Å². The van der Waals surface area contributed by atoms with Gasteiger partial charge in [0.2, 0.25) is 0 Å². The van der Waals surface area contributed by atoms with Gasteiger partial charge in [0.15, 0.2) is 0 Å².